The smallest absolute Gasteiger partial charge is 0.324 e. The molecule has 1 saturated heterocycles. The maximum absolute atomic E-state index is 12.3. The molecule has 1 atom stereocenters. The fourth-order valence-electron chi connectivity index (χ4n) is 3.09. The third-order valence-corrected chi connectivity index (χ3v) is 4.54. The highest BCUT2D eigenvalue weighted by atomic mass is 16.5. The summed E-state index contributed by atoms with van der Waals surface area (Å²) in [7, 11) is 0. The summed E-state index contributed by atoms with van der Waals surface area (Å²) in [5.74, 6) is -1.05. The van der Waals surface area contributed by atoms with Crippen LogP contribution in [0.3, 0.4) is 0 Å². The normalized spacial score (nSPS) is 14.8. The molecule has 8 nitrogen and oxygen atoms in total. The average Bonchev–Trinajstić information content (AvgIpc) is 3.20. The van der Waals surface area contributed by atoms with Gasteiger partial charge in [0.2, 0.25) is 0 Å². The summed E-state index contributed by atoms with van der Waals surface area (Å²) in [6, 6.07) is 9.17. The lowest BCUT2D eigenvalue weighted by Crippen LogP contribution is -2.42. The summed E-state index contributed by atoms with van der Waals surface area (Å²) in [6.07, 6.45) is -1.01. The fraction of sp³-hybridized carbons (Fsp3) is 0.368. The lowest BCUT2D eigenvalue weighted by Gasteiger charge is -2.18. The van der Waals surface area contributed by atoms with Crippen LogP contribution in [0.4, 0.5) is 4.79 Å². The molecule has 0 aliphatic carbocycles. The Hall–Kier alpha value is -3.16. The molecular formula is C19H22N4O4. The number of imide groups is 1. The number of hydrogen-bond donors (Lipinski definition) is 1. The van der Waals surface area contributed by atoms with Crippen molar-refractivity contribution >= 4 is 17.9 Å². The number of urea groups is 1. The zero-order valence-electron chi connectivity index (χ0n) is 15.6. The van der Waals surface area contributed by atoms with Crippen molar-refractivity contribution in [1.29, 1.82) is 0 Å². The van der Waals surface area contributed by atoms with Gasteiger partial charge in [0.25, 0.3) is 5.91 Å². The summed E-state index contributed by atoms with van der Waals surface area (Å²) >= 11 is 0. The molecule has 1 aliphatic rings. The first-order valence-electron chi connectivity index (χ1n) is 8.77. The van der Waals surface area contributed by atoms with Crippen molar-refractivity contribution in [1.82, 2.24) is 20.0 Å². The van der Waals surface area contributed by atoms with Crippen molar-refractivity contribution in [2.75, 3.05) is 13.1 Å². The van der Waals surface area contributed by atoms with Crippen molar-refractivity contribution in [2.24, 2.45) is 0 Å². The van der Waals surface area contributed by atoms with E-state index in [0.717, 1.165) is 27.5 Å². The number of amides is 3. The van der Waals surface area contributed by atoms with Crippen LogP contribution >= 0.6 is 0 Å². The van der Waals surface area contributed by atoms with E-state index in [1.807, 2.05) is 44.2 Å². The van der Waals surface area contributed by atoms with Crippen molar-refractivity contribution in [3.63, 3.8) is 0 Å². The topological polar surface area (TPSA) is 93.5 Å². The highest BCUT2D eigenvalue weighted by Gasteiger charge is 2.31. The van der Waals surface area contributed by atoms with Gasteiger partial charge in [-0.15, -0.1) is 0 Å². The average molecular weight is 370 g/mol. The number of carbonyl (C=O) groups excluding carboxylic acids is 3. The van der Waals surface area contributed by atoms with E-state index in [2.05, 4.69) is 10.4 Å². The van der Waals surface area contributed by atoms with Gasteiger partial charge in [-0.25, -0.2) is 9.48 Å². The van der Waals surface area contributed by atoms with Crippen LogP contribution in [0.5, 0.6) is 0 Å². The number of aromatic nitrogens is 2. The first-order valence-corrected chi connectivity index (χ1v) is 8.77. The molecule has 1 fully saturated rings. The lowest BCUT2D eigenvalue weighted by atomic mass is 10.1. The van der Waals surface area contributed by atoms with Gasteiger partial charge in [-0.1, -0.05) is 18.2 Å². The Bertz CT molecular complexity index is 875. The summed E-state index contributed by atoms with van der Waals surface area (Å²) in [6.45, 7) is 5.87. The SMILES string of the molecule is Cc1nn(-c2ccccc2)c(C)c1CC(=O)OC(C)C(=O)N1CCNC1=O. The molecule has 1 aromatic carbocycles. The van der Waals surface area contributed by atoms with Crippen LogP contribution in [0.25, 0.3) is 5.69 Å². The molecule has 0 saturated carbocycles. The zero-order chi connectivity index (χ0) is 19.6. The first kappa shape index (κ1) is 18.6. The van der Waals surface area contributed by atoms with Crippen molar-refractivity contribution < 1.29 is 19.1 Å². The number of nitrogens with one attached hydrogen (secondary N) is 1. The van der Waals surface area contributed by atoms with Gasteiger partial charge in [-0.3, -0.25) is 14.5 Å². The third kappa shape index (κ3) is 3.84. The second-order valence-electron chi connectivity index (χ2n) is 6.43. The molecule has 0 radical (unpaired) electrons. The maximum atomic E-state index is 12.3. The van der Waals surface area contributed by atoms with Crippen LogP contribution < -0.4 is 5.32 Å². The van der Waals surface area contributed by atoms with E-state index in [-0.39, 0.29) is 13.0 Å². The highest BCUT2D eigenvalue weighted by Crippen LogP contribution is 2.19. The summed E-state index contributed by atoms with van der Waals surface area (Å²) in [4.78, 5) is 37.2. The van der Waals surface area contributed by atoms with Crippen molar-refractivity contribution in [3.05, 3.63) is 47.3 Å². The van der Waals surface area contributed by atoms with Crippen LogP contribution in [0.15, 0.2) is 30.3 Å². The Kier molecular flexibility index (Phi) is 5.25. The van der Waals surface area contributed by atoms with E-state index in [4.69, 9.17) is 4.74 Å². The minimum Gasteiger partial charge on any atom is -0.452 e. The molecule has 142 valence electrons. The number of aryl methyl sites for hydroxylation is 1. The quantitative estimate of drug-likeness (QED) is 0.806. The number of nitrogens with zero attached hydrogens (tertiary/aromatic N) is 3. The highest BCUT2D eigenvalue weighted by molar-refractivity contribution is 5.98. The number of para-hydroxylation sites is 1. The van der Waals surface area contributed by atoms with Crippen LogP contribution in [0.2, 0.25) is 0 Å². The van der Waals surface area contributed by atoms with Gasteiger partial charge >= 0.3 is 12.0 Å². The molecule has 2 aromatic rings. The van der Waals surface area contributed by atoms with E-state index >= 15 is 0 Å². The maximum Gasteiger partial charge on any atom is 0.324 e. The lowest BCUT2D eigenvalue weighted by molar-refractivity contribution is -0.156. The van der Waals surface area contributed by atoms with Crippen LogP contribution in [0, 0.1) is 13.8 Å². The predicted octanol–water partition coefficient (Wildman–Crippen LogP) is 1.52. The van der Waals surface area contributed by atoms with Gasteiger partial charge in [0.05, 0.1) is 17.8 Å². The van der Waals surface area contributed by atoms with Gasteiger partial charge in [-0.2, -0.15) is 5.10 Å². The standard InChI is InChI=1S/C19H22N4O4/c1-12-16(13(2)23(21-12)15-7-5-4-6-8-15)11-17(24)27-14(3)18(25)22-10-9-20-19(22)26/h4-8,14H,9-11H2,1-3H3,(H,20,26). The molecule has 8 heteroatoms. The van der Waals surface area contributed by atoms with E-state index < -0.39 is 24.0 Å². The number of ether oxygens (including phenoxy) is 1. The number of carbonyl (C=O) groups is 3. The van der Waals surface area contributed by atoms with E-state index in [1.54, 1.807) is 4.68 Å². The Morgan fingerprint density at radius 3 is 2.59 bits per heavy atom. The van der Waals surface area contributed by atoms with E-state index in [0.29, 0.717) is 6.54 Å². The molecule has 3 amide bonds. The Morgan fingerprint density at radius 2 is 1.96 bits per heavy atom. The van der Waals surface area contributed by atoms with E-state index in [9.17, 15) is 14.4 Å². The molecule has 0 bridgehead atoms. The predicted molar refractivity (Wildman–Crippen MR) is 97.4 cm³/mol. The first-order chi connectivity index (χ1) is 12.9. The molecule has 1 aliphatic heterocycles. The van der Waals surface area contributed by atoms with E-state index in [1.165, 1.54) is 6.92 Å². The number of esters is 1. The molecule has 1 aromatic heterocycles. The largest absolute Gasteiger partial charge is 0.452 e. The van der Waals surface area contributed by atoms with Crippen LogP contribution in [-0.2, 0) is 20.7 Å². The molecule has 2 heterocycles. The van der Waals surface area contributed by atoms with Gasteiger partial charge in [-0.05, 0) is 32.9 Å². The molecule has 1 N–H and O–H groups in total. The number of benzene rings is 1. The molecule has 3 rings (SSSR count). The van der Waals surface area contributed by atoms with Gasteiger partial charge < -0.3 is 10.1 Å². The minimum atomic E-state index is -1.02. The summed E-state index contributed by atoms with van der Waals surface area (Å²) < 4.78 is 7.03. The van der Waals surface area contributed by atoms with Crippen LogP contribution in [-0.4, -0.2) is 51.8 Å². The van der Waals surface area contributed by atoms with Gasteiger partial charge in [0, 0.05) is 24.3 Å². The Balaban J connectivity index is 1.68. The molecule has 1 unspecified atom stereocenters. The second-order valence-corrected chi connectivity index (χ2v) is 6.43. The van der Waals surface area contributed by atoms with Gasteiger partial charge in [0.1, 0.15) is 0 Å². The molecular weight excluding hydrogens is 348 g/mol. The third-order valence-electron chi connectivity index (χ3n) is 4.54. The van der Waals surface area contributed by atoms with Crippen molar-refractivity contribution in [3.8, 4) is 5.69 Å². The summed E-state index contributed by atoms with van der Waals surface area (Å²) in [5.41, 5.74) is 3.24. The molecule has 0 spiro atoms. The van der Waals surface area contributed by atoms with Crippen LogP contribution in [0.1, 0.15) is 23.9 Å². The number of hydrogen-bond acceptors (Lipinski definition) is 5. The second kappa shape index (κ2) is 7.61. The van der Waals surface area contributed by atoms with Crippen molar-refractivity contribution in [2.45, 2.75) is 33.3 Å². The monoisotopic (exact) mass is 370 g/mol. The zero-order valence-corrected chi connectivity index (χ0v) is 15.6. The minimum absolute atomic E-state index is 0.00825. The Labute approximate surface area is 157 Å². The Morgan fingerprint density at radius 1 is 1.26 bits per heavy atom. The number of rotatable bonds is 5. The summed E-state index contributed by atoms with van der Waals surface area (Å²) in [5, 5.41) is 7.05. The molecule has 27 heavy (non-hydrogen) atoms. The fourth-order valence-corrected chi connectivity index (χ4v) is 3.09. The van der Waals surface area contributed by atoms with Gasteiger partial charge in [0.15, 0.2) is 6.10 Å².